The Morgan fingerprint density at radius 2 is 1.42 bits per heavy atom. The second-order valence-electron chi connectivity index (χ2n) is 7.25. The second kappa shape index (κ2) is 9.44. The molecule has 33 heavy (non-hydrogen) atoms. The molecule has 0 unspecified atom stereocenters. The fraction of sp³-hybridized carbons (Fsp3) is 0.111. The fourth-order valence-corrected chi connectivity index (χ4v) is 3.71. The van der Waals surface area contributed by atoms with Gasteiger partial charge in [0.25, 0.3) is 5.91 Å². The number of fused-ring (bicyclic) bond motifs is 1. The quantitative estimate of drug-likeness (QED) is 0.289. The van der Waals surface area contributed by atoms with Crippen LogP contribution in [0.5, 0.6) is 17.2 Å². The summed E-state index contributed by atoms with van der Waals surface area (Å²) >= 11 is 0. The highest BCUT2D eigenvalue weighted by Crippen LogP contribution is 2.38. The van der Waals surface area contributed by atoms with Gasteiger partial charge in [0.2, 0.25) is 5.75 Å². The van der Waals surface area contributed by atoms with E-state index < -0.39 is 0 Å². The van der Waals surface area contributed by atoms with Gasteiger partial charge in [-0.3, -0.25) is 14.2 Å². The smallest absolute Gasteiger partial charge is 0.262 e. The fourth-order valence-electron chi connectivity index (χ4n) is 3.71. The molecule has 4 rings (SSSR count). The normalized spacial score (nSPS) is 11.0. The minimum atomic E-state index is -0.236. The monoisotopic (exact) mass is 441 g/mol. The third kappa shape index (κ3) is 4.23. The first-order valence-electron chi connectivity index (χ1n) is 10.3. The molecule has 6 nitrogen and oxygen atoms in total. The average Bonchev–Trinajstić information content (AvgIpc) is 3.25. The maximum Gasteiger partial charge on any atom is 0.262 e. The molecule has 0 fully saturated rings. The van der Waals surface area contributed by atoms with Gasteiger partial charge >= 0.3 is 0 Å². The van der Waals surface area contributed by atoms with Crippen LogP contribution in [0.15, 0.2) is 79.0 Å². The van der Waals surface area contributed by atoms with Gasteiger partial charge in [0, 0.05) is 28.3 Å². The summed E-state index contributed by atoms with van der Waals surface area (Å²) in [6, 6.07) is 19.9. The number of nitrogens with zero attached hydrogens (tertiary/aromatic N) is 1. The van der Waals surface area contributed by atoms with Crippen LogP contribution in [0.4, 0.5) is 0 Å². The molecule has 0 spiro atoms. The van der Waals surface area contributed by atoms with Gasteiger partial charge in [-0.25, -0.2) is 0 Å². The Bertz CT molecular complexity index is 1330. The number of allylic oxidation sites excluding steroid dienone is 1. The topological polar surface area (TPSA) is 66.8 Å². The van der Waals surface area contributed by atoms with Crippen molar-refractivity contribution in [3.8, 4) is 17.2 Å². The molecule has 1 aromatic heterocycles. The molecule has 0 aliphatic carbocycles. The van der Waals surface area contributed by atoms with Gasteiger partial charge in [0.1, 0.15) is 0 Å². The molecule has 0 saturated heterocycles. The molecule has 0 aliphatic rings. The lowest BCUT2D eigenvalue weighted by Crippen LogP contribution is -2.10. The Balaban J connectivity index is 1.71. The summed E-state index contributed by atoms with van der Waals surface area (Å²) in [5.41, 5.74) is 2.51. The number of rotatable bonds is 7. The number of methoxy groups -OCH3 is 3. The van der Waals surface area contributed by atoms with E-state index in [-0.39, 0.29) is 11.7 Å². The zero-order valence-electron chi connectivity index (χ0n) is 18.6. The molecule has 0 saturated carbocycles. The van der Waals surface area contributed by atoms with E-state index in [9.17, 15) is 9.59 Å². The maximum absolute atomic E-state index is 13.1. The summed E-state index contributed by atoms with van der Waals surface area (Å²) in [5.74, 6) is 0.850. The molecule has 1 heterocycles. The van der Waals surface area contributed by atoms with E-state index in [0.717, 1.165) is 16.5 Å². The third-order valence-electron chi connectivity index (χ3n) is 5.35. The standard InChI is InChI=1S/C27H23NO5/c1-31-24-15-20(16-25(32-2)26(24)33-3)23(29)14-13-19-17-28(22-12-8-7-11-21(19)22)27(30)18-9-5-4-6-10-18/h4-17H,1-3H3. The minimum Gasteiger partial charge on any atom is -0.493 e. The number of para-hydroxylation sites is 1. The zero-order chi connectivity index (χ0) is 23.4. The summed E-state index contributed by atoms with van der Waals surface area (Å²) in [5, 5.41) is 0.871. The van der Waals surface area contributed by atoms with Gasteiger partial charge in [0.15, 0.2) is 17.3 Å². The van der Waals surface area contributed by atoms with Crippen LogP contribution in [0.25, 0.3) is 17.0 Å². The zero-order valence-corrected chi connectivity index (χ0v) is 18.6. The number of aromatic nitrogens is 1. The number of hydrogen-bond donors (Lipinski definition) is 0. The van der Waals surface area contributed by atoms with Crippen LogP contribution in [-0.2, 0) is 0 Å². The lowest BCUT2D eigenvalue weighted by Gasteiger charge is -2.13. The predicted octanol–water partition coefficient (Wildman–Crippen LogP) is 5.25. The van der Waals surface area contributed by atoms with E-state index >= 15 is 0 Å². The Kier molecular flexibility index (Phi) is 6.26. The first kappa shape index (κ1) is 21.9. The SMILES string of the molecule is COc1cc(C(=O)C=Cc2cn(C(=O)c3ccccc3)c3ccccc23)cc(OC)c1OC. The van der Waals surface area contributed by atoms with Crippen molar-refractivity contribution < 1.29 is 23.8 Å². The number of ether oxygens (including phenoxy) is 3. The molecule has 0 N–H and O–H groups in total. The predicted molar refractivity (Wildman–Crippen MR) is 128 cm³/mol. The molecule has 166 valence electrons. The first-order valence-corrected chi connectivity index (χ1v) is 10.3. The molecule has 3 aromatic carbocycles. The summed E-state index contributed by atoms with van der Waals surface area (Å²) in [6.45, 7) is 0. The minimum absolute atomic E-state index is 0.137. The molecule has 4 aromatic rings. The Morgan fingerprint density at radius 3 is 2.06 bits per heavy atom. The van der Waals surface area contributed by atoms with Gasteiger partial charge in [-0.2, -0.15) is 0 Å². The van der Waals surface area contributed by atoms with E-state index in [1.807, 2.05) is 42.5 Å². The molecule has 6 heteroatoms. The number of benzene rings is 3. The summed E-state index contributed by atoms with van der Waals surface area (Å²) in [6.07, 6.45) is 4.93. The number of ketones is 1. The van der Waals surface area contributed by atoms with Crippen LogP contribution in [0.1, 0.15) is 26.3 Å². The van der Waals surface area contributed by atoms with Crippen LogP contribution >= 0.6 is 0 Å². The van der Waals surface area contributed by atoms with Crippen LogP contribution in [-0.4, -0.2) is 37.6 Å². The van der Waals surface area contributed by atoms with E-state index in [4.69, 9.17) is 14.2 Å². The Hall–Kier alpha value is -4.32. The molecule has 0 aliphatic heterocycles. The maximum atomic E-state index is 13.1. The van der Waals surface area contributed by atoms with E-state index in [2.05, 4.69) is 0 Å². The Labute approximate surface area is 191 Å². The summed E-state index contributed by atoms with van der Waals surface area (Å²) in [7, 11) is 4.51. The highest BCUT2D eigenvalue weighted by Gasteiger charge is 2.17. The number of hydrogen-bond acceptors (Lipinski definition) is 5. The molecular formula is C27H23NO5. The van der Waals surface area contributed by atoms with Crippen molar-refractivity contribution in [1.82, 2.24) is 4.57 Å². The highest BCUT2D eigenvalue weighted by molar-refractivity contribution is 6.09. The first-order chi connectivity index (χ1) is 16.1. The van der Waals surface area contributed by atoms with Crippen molar-refractivity contribution in [3.63, 3.8) is 0 Å². The van der Waals surface area contributed by atoms with Crippen molar-refractivity contribution in [3.05, 3.63) is 95.7 Å². The lowest BCUT2D eigenvalue weighted by molar-refractivity contribution is 0.0964. The second-order valence-corrected chi connectivity index (χ2v) is 7.25. The van der Waals surface area contributed by atoms with Crippen LogP contribution in [0.3, 0.4) is 0 Å². The van der Waals surface area contributed by atoms with Crippen LogP contribution < -0.4 is 14.2 Å². The van der Waals surface area contributed by atoms with Crippen molar-refractivity contribution in [1.29, 1.82) is 0 Å². The Morgan fingerprint density at radius 1 is 0.788 bits per heavy atom. The van der Waals surface area contributed by atoms with Gasteiger partial charge in [-0.15, -0.1) is 0 Å². The van der Waals surface area contributed by atoms with E-state index in [0.29, 0.717) is 28.4 Å². The largest absolute Gasteiger partial charge is 0.493 e. The molecule has 0 bridgehead atoms. The van der Waals surface area contributed by atoms with Crippen molar-refractivity contribution >= 4 is 28.7 Å². The summed E-state index contributed by atoms with van der Waals surface area (Å²) < 4.78 is 17.6. The number of carbonyl (C=O) groups excluding carboxylic acids is 2. The third-order valence-corrected chi connectivity index (χ3v) is 5.35. The van der Waals surface area contributed by atoms with Crippen molar-refractivity contribution in [2.45, 2.75) is 0 Å². The van der Waals surface area contributed by atoms with Crippen molar-refractivity contribution in [2.75, 3.05) is 21.3 Å². The van der Waals surface area contributed by atoms with E-state index in [1.165, 1.54) is 27.4 Å². The summed E-state index contributed by atoms with van der Waals surface area (Å²) in [4.78, 5) is 26.0. The lowest BCUT2D eigenvalue weighted by atomic mass is 10.1. The molecule has 0 amide bonds. The highest BCUT2D eigenvalue weighted by atomic mass is 16.5. The van der Waals surface area contributed by atoms with Gasteiger partial charge in [-0.1, -0.05) is 36.4 Å². The molecular weight excluding hydrogens is 418 g/mol. The van der Waals surface area contributed by atoms with Crippen molar-refractivity contribution in [2.24, 2.45) is 0 Å². The molecule has 0 radical (unpaired) electrons. The van der Waals surface area contributed by atoms with Crippen LogP contribution in [0, 0.1) is 0 Å². The van der Waals surface area contributed by atoms with Gasteiger partial charge in [-0.05, 0) is 42.5 Å². The van der Waals surface area contributed by atoms with Crippen LogP contribution in [0.2, 0.25) is 0 Å². The van der Waals surface area contributed by atoms with E-state index in [1.54, 1.807) is 41.1 Å². The van der Waals surface area contributed by atoms with Gasteiger partial charge < -0.3 is 14.2 Å². The molecule has 0 atom stereocenters. The number of carbonyl (C=O) groups is 2. The average molecular weight is 441 g/mol. The van der Waals surface area contributed by atoms with Gasteiger partial charge in [0.05, 0.1) is 26.8 Å².